The van der Waals surface area contributed by atoms with Gasteiger partial charge < -0.3 is 10.0 Å². The molecule has 0 radical (unpaired) electrons. The molecule has 0 aromatic heterocycles. The Morgan fingerprint density at radius 3 is 2.05 bits per heavy atom. The van der Waals surface area contributed by atoms with Crippen molar-refractivity contribution >= 4 is 11.9 Å². The topological polar surface area (TPSA) is 57.6 Å². The van der Waals surface area contributed by atoms with Gasteiger partial charge in [-0.2, -0.15) is 0 Å². The van der Waals surface area contributed by atoms with Gasteiger partial charge in [0.25, 0.3) is 0 Å². The van der Waals surface area contributed by atoms with E-state index in [2.05, 4.69) is 0 Å². The average Bonchev–Trinajstić information content (AvgIpc) is 2.67. The summed E-state index contributed by atoms with van der Waals surface area (Å²) >= 11 is 0. The minimum absolute atomic E-state index is 0.246. The van der Waals surface area contributed by atoms with E-state index in [4.69, 9.17) is 5.11 Å². The second-order valence-electron chi connectivity index (χ2n) is 6.06. The van der Waals surface area contributed by atoms with Crippen LogP contribution in [0.3, 0.4) is 0 Å². The third kappa shape index (κ3) is 4.22. The van der Waals surface area contributed by atoms with Gasteiger partial charge in [0.15, 0.2) is 0 Å². The van der Waals surface area contributed by atoms with Crippen molar-refractivity contribution in [2.45, 2.75) is 57.8 Å². The molecule has 1 N–H and O–H groups in total. The number of carbonyl (C=O) groups is 2. The van der Waals surface area contributed by atoms with Crippen molar-refractivity contribution < 1.29 is 14.7 Å². The molecule has 0 atom stereocenters. The molecule has 0 spiro atoms. The minimum Gasteiger partial charge on any atom is -0.481 e. The van der Waals surface area contributed by atoms with Crippen molar-refractivity contribution in [2.75, 3.05) is 13.1 Å². The van der Waals surface area contributed by atoms with Gasteiger partial charge in [-0.3, -0.25) is 9.59 Å². The Morgan fingerprint density at radius 1 is 0.947 bits per heavy atom. The third-order valence-corrected chi connectivity index (χ3v) is 4.63. The van der Waals surface area contributed by atoms with Crippen LogP contribution in [0.15, 0.2) is 0 Å². The number of hydrogen-bond acceptors (Lipinski definition) is 2. The summed E-state index contributed by atoms with van der Waals surface area (Å²) in [5.41, 5.74) is 0. The largest absolute Gasteiger partial charge is 0.481 e. The highest BCUT2D eigenvalue weighted by atomic mass is 16.4. The van der Waals surface area contributed by atoms with Crippen LogP contribution in [0.5, 0.6) is 0 Å². The fourth-order valence-corrected chi connectivity index (χ4v) is 3.32. The lowest BCUT2D eigenvalue weighted by Gasteiger charge is -2.31. The zero-order valence-electron chi connectivity index (χ0n) is 11.6. The number of carboxylic acids is 1. The van der Waals surface area contributed by atoms with Crippen molar-refractivity contribution in [1.82, 2.24) is 4.90 Å². The first-order chi connectivity index (χ1) is 9.16. The van der Waals surface area contributed by atoms with Gasteiger partial charge in [0, 0.05) is 19.5 Å². The van der Waals surface area contributed by atoms with Gasteiger partial charge in [-0.1, -0.05) is 25.7 Å². The molecule has 108 valence electrons. The molecule has 19 heavy (non-hydrogen) atoms. The van der Waals surface area contributed by atoms with Crippen LogP contribution in [0.2, 0.25) is 0 Å². The highest BCUT2D eigenvalue weighted by molar-refractivity contribution is 5.77. The van der Waals surface area contributed by atoms with E-state index in [1.165, 1.54) is 38.5 Å². The Kier molecular flexibility index (Phi) is 5.23. The number of nitrogens with zero attached hydrogens (tertiary/aromatic N) is 1. The van der Waals surface area contributed by atoms with Crippen LogP contribution in [0.1, 0.15) is 57.8 Å². The predicted molar refractivity (Wildman–Crippen MR) is 72.7 cm³/mol. The minimum atomic E-state index is -0.712. The molecule has 2 rings (SSSR count). The van der Waals surface area contributed by atoms with E-state index in [0.717, 1.165) is 0 Å². The highest BCUT2D eigenvalue weighted by Gasteiger charge is 2.28. The quantitative estimate of drug-likeness (QED) is 0.800. The maximum atomic E-state index is 12.2. The van der Waals surface area contributed by atoms with E-state index in [-0.39, 0.29) is 11.8 Å². The Hall–Kier alpha value is -1.06. The second kappa shape index (κ2) is 6.92. The lowest BCUT2D eigenvalue weighted by molar-refractivity contribution is -0.146. The number of hydrogen-bond donors (Lipinski definition) is 1. The fourth-order valence-electron chi connectivity index (χ4n) is 3.32. The smallest absolute Gasteiger partial charge is 0.306 e. The second-order valence-corrected chi connectivity index (χ2v) is 6.06. The van der Waals surface area contributed by atoms with Crippen molar-refractivity contribution in [3.8, 4) is 0 Å². The SMILES string of the molecule is O=C(O)C1CCN(C(=O)CC2CCCCCC2)CC1. The summed E-state index contributed by atoms with van der Waals surface area (Å²) in [6.07, 6.45) is 9.45. The molecule has 0 bridgehead atoms. The summed E-state index contributed by atoms with van der Waals surface area (Å²) in [7, 11) is 0. The molecule has 4 nitrogen and oxygen atoms in total. The number of carbonyl (C=O) groups excluding carboxylic acids is 1. The monoisotopic (exact) mass is 267 g/mol. The first kappa shape index (κ1) is 14.4. The summed E-state index contributed by atoms with van der Waals surface area (Å²) < 4.78 is 0. The molecule has 1 amide bonds. The van der Waals surface area contributed by atoms with Crippen molar-refractivity contribution in [3.63, 3.8) is 0 Å². The Bertz CT molecular complexity index is 313. The summed E-state index contributed by atoms with van der Waals surface area (Å²) in [5, 5.41) is 8.95. The first-order valence-electron chi connectivity index (χ1n) is 7.67. The molecule has 0 aromatic carbocycles. The van der Waals surface area contributed by atoms with Gasteiger partial charge in [0.05, 0.1) is 5.92 Å². The maximum absolute atomic E-state index is 12.2. The van der Waals surface area contributed by atoms with Gasteiger partial charge >= 0.3 is 5.97 Å². The van der Waals surface area contributed by atoms with E-state index in [0.29, 0.717) is 38.3 Å². The lowest BCUT2D eigenvalue weighted by atomic mass is 9.93. The molecule has 1 saturated carbocycles. The number of rotatable bonds is 3. The molecule has 1 aliphatic carbocycles. The first-order valence-corrected chi connectivity index (χ1v) is 7.67. The van der Waals surface area contributed by atoms with E-state index in [9.17, 15) is 9.59 Å². The summed E-state index contributed by atoms with van der Waals surface area (Å²) in [5.74, 6) is -0.152. The number of amides is 1. The zero-order chi connectivity index (χ0) is 13.7. The molecule has 1 heterocycles. The van der Waals surface area contributed by atoms with Gasteiger partial charge in [-0.25, -0.2) is 0 Å². The van der Waals surface area contributed by atoms with E-state index >= 15 is 0 Å². The standard InChI is InChI=1S/C15H25NO3/c17-14(11-12-5-3-1-2-4-6-12)16-9-7-13(8-10-16)15(18)19/h12-13H,1-11H2,(H,18,19). The number of piperidine rings is 1. The van der Waals surface area contributed by atoms with Crippen LogP contribution >= 0.6 is 0 Å². The van der Waals surface area contributed by atoms with Crippen LogP contribution in [0.4, 0.5) is 0 Å². The fraction of sp³-hybridized carbons (Fsp3) is 0.867. The molecule has 4 heteroatoms. The van der Waals surface area contributed by atoms with Gasteiger partial charge in [0.2, 0.25) is 5.91 Å². The number of carboxylic acid groups (broad SMARTS) is 1. The molecule has 0 aromatic rings. The maximum Gasteiger partial charge on any atom is 0.306 e. The van der Waals surface area contributed by atoms with Crippen molar-refractivity contribution in [2.24, 2.45) is 11.8 Å². The molecular weight excluding hydrogens is 242 g/mol. The van der Waals surface area contributed by atoms with E-state index in [1.807, 2.05) is 4.90 Å². The molecule has 1 aliphatic heterocycles. The van der Waals surface area contributed by atoms with Crippen molar-refractivity contribution in [3.05, 3.63) is 0 Å². The molecule has 2 fully saturated rings. The Labute approximate surface area is 115 Å². The summed E-state index contributed by atoms with van der Waals surface area (Å²) in [4.78, 5) is 25.0. The highest BCUT2D eigenvalue weighted by Crippen LogP contribution is 2.27. The van der Waals surface area contributed by atoms with Crippen LogP contribution in [0.25, 0.3) is 0 Å². The molecular formula is C15H25NO3. The summed E-state index contributed by atoms with van der Waals surface area (Å²) in [6, 6.07) is 0. The number of aliphatic carboxylic acids is 1. The van der Waals surface area contributed by atoms with Crippen LogP contribution < -0.4 is 0 Å². The average molecular weight is 267 g/mol. The number of likely N-dealkylation sites (tertiary alicyclic amines) is 1. The Balaban J connectivity index is 1.76. The lowest BCUT2D eigenvalue weighted by Crippen LogP contribution is -2.40. The van der Waals surface area contributed by atoms with E-state index < -0.39 is 5.97 Å². The third-order valence-electron chi connectivity index (χ3n) is 4.63. The Morgan fingerprint density at radius 2 is 1.53 bits per heavy atom. The van der Waals surface area contributed by atoms with Gasteiger partial charge in [-0.05, 0) is 31.6 Å². The van der Waals surface area contributed by atoms with Gasteiger partial charge in [0.1, 0.15) is 0 Å². The molecule has 0 unspecified atom stereocenters. The van der Waals surface area contributed by atoms with Crippen LogP contribution in [0, 0.1) is 11.8 Å². The molecule has 2 aliphatic rings. The van der Waals surface area contributed by atoms with E-state index in [1.54, 1.807) is 0 Å². The van der Waals surface area contributed by atoms with Crippen LogP contribution in [-0.2, 0) is 9.59 Å². The normalized spacial score (nSPS) is 23.1. The summed E-state index contributed by atoms with van der Waals surface area (Å²) in [6.45, 7) is 1.26. The van der Waals surface area contributed by atoms with Crippen LogP contribution in [-0.4, -0.2) is 35.0 Å². The van der Waals surface area contributed by atoms with Crippen molar-refractivity contribution in [1.29, 1.82) is 0 Å². The van der Waals surface area contributed by atoms with Gasteiger partial charge in [-0.15, -0.1) is 0 Å². The molecule has 1 saturated heterocycles. The zero-order valence-corrected chi connectivity index (χ0v) is 11.6. The predicted octanol–water partition coefficient (Wildman–Crippen LogP) is 2.67.